The van der Waals surface area contributed by atoms with Crippen molar-refractivity contribution >= 4 is 23.2 Å². The molecule has 0 aliphatic carbocycles. The molecule has 0 unspecified atom stereocenters. The number of aromatic nitrogens is 3. The van der Waals surface area contributed by atoms with Crippen LogP contribution in [0.25, 0.3) is 10.6 Å². The van der Waals surface area contributed by atoms with E-state index < -0.39 is 22.6 Å². The van der Waals surface area contributed by atoms with Crippen LogP contribution in [0.15, 0.2) is 35.3 Å². The number of pyridine rings is 1. The Hall–Kier alpha value is -3.60. The van der Waals surface area contributed by atoms with Crippen LogP contribution in [0.4, 0.5) is 4.39 Å². The summed E-state index contributed by atoms with van der Waals surface area (Å²) in [5.41, 5.74) is -1.10. The molecule has 37 heavy (non-hydrogen) atoms. The molecular weight excluding hydrogens is 497 g/mol. The Kier molecular flexibility index (Phi) is 6.35. The van der Waals surface area contributed by atoms with Crippen molar-refractivity contribution in [1.29, 1.82) is 0 Å². The number of halogens is 1. The largest absolute Gasteiger partial charge is 0.503 e. The van der Waals surface area contributed by atoms with E-state index in [1.54, 1.807) is 24.0 Å². The number of carbonyl (C=O) groups excluding carboxylic acids is 2. The van der Waals surface area contributed by atoms with Gasteiger partial charge in [0.15, 0.2) is 16.5 Å². The molecule has 0 radical (unpaired) electrons. The number of hydrogen-bond acceptors (Lipinski definition) is 7. The Morgan fingerprint density at radius 2 is 1.84 bits per heavy atom. The van der Waals surface area contributed by atoms with Crippen LogP contribution in [-0.4, -0.2) is 66.2 Å². The second-order valence-electron chi connectivity index (χ2n) is 10.0. The van der Waals surface area contributed by atoms with Crippen molar-refractivity contribution in [1.82, 2.24) is 24.6 Å². The van der Waals surface area contributed by atoms with Crippen molar-refractivity contribution in [3.63, 3.8) is 0 Å². The molecule has 9 nitrogen and oxygen atoms in total. The number of hydrogen-bond donors (Lipinski definition) is 1. The number of rotatable bonds is 5. The molecule has 0 saturated carbocycles. The fourth-order valence-electron chi connectivity index (χ4n) is 5.34. The highest BCUT2D eigenvalue weighted by Crippen LogP contribution is 2.35. The maximum atomic E-state index is 13.6. The van der Waals surface area contributed by atoms with Crippen LogP contribution >= 0.6 is 11.3 Å². The lowest BCUT2D eigenvalue weighted by Gasteiger charge is -2.48. The van der Waals surface area contributed by atoms with E-state index in [0.29, 0.717) is 29.5 Å². The summed E-state index contributed by atoms with van der Waals surface area (Å²) in [6.45, 7) is 6.75. The summed E-state index contributed by atoms with van der Waals surface area (Å²) < 4.78 is 14.7. The van der Waals surface area contributed by atoms with Gasteiger partial charge in [0.05, 0.1) is 12.1 Å². The summed E-state index contributed by atoms with van der Waals surface area (Å²) in [5.74, 6) is -1.71. The van der Waals surface area contributed by atoms with Gasteiger partial charge in [-0.2, -0.15) is 0 Å². The molecule has 0 bridgehead atoms. The van der Waals surface area contributed by atoms with E-state index in [1.165, 1.54) is 39.1 Å². The van der Waals surface area contributed by atoms with Crippen molar-refractivity contribution in [2.75, 3.05) is 13.1 Å². The van der Waals surface area contributed by atoms with E-state index >= 15 is 0 Å². The molecule has 11 heteroatoms. The van der Waals surface area contributed by atoms with Gasteiger partial charge in [-0.3, -0.25) is 14.4 Å². The van der Waals surface area contributed by atoms with Crippen LogP contribution in [0.1, 0.15) is 54.7 Å². The molecule has 4 heterocycles. The average Bonchev–Trinajstić information content (AvgIpc) is 3.54. The minimum Gasteiger partial charge on any atom is -0.503 e. The number of fused-ring (bicyclic) bond motifs is 1. The molecule has 3 aromatic rings. The van der Waals surface area contributed by atoms with E-state index in [4.69, 9.17) is 0 Å². The topological polar surface area (TPSA) is 109 Å². The quantitative estimate of drug-likeness (QED) is 0.549. The first-order valence-corrected chi connectivity index (χ1v) is 13.1. The Balaban J connectivity index is 1.54. The zero-order valence-electron chi connectivity index (χ0n) is 20.9. The Bertz CT molecular complexity index is 1430. The highest BCUT2D eigenvalue weighted by Gasteiger charge is 2.51. The molecule has 1 saturated heterocycles. The third-order valence-electron chi connectivity index (χ3n) is 7.02. The second kappa shape index (κ2) is 9.37. The SMILES string of the molecule is CC(C)N1C(=O)c2c(O)c(=O)c(-c3nnc(Cc4ccc(F)cc4)s3)cn2C[C@@]1(C)C(=O)N1CCCC1. The van der Waals surface area contributed by atoms with Crippen molar-refractivity contribution < 1.29 is 19.1 Å². The van der Waals surface area contributed by atoms with Gasteiger partial charge in [-0.05, 0) is 51.3 Å². The second-order valence-corrected chi connectivity index (χ2v) is 11.1. The number of likely N-dealkylation sites (tertiary alicyclic amines) is 1. The van der Waals surface area contributed by atoms with Crippen molar-refractivity contribution in [3.8, 4) is 16.3 Å². The van der Waals surface area contributed by atoms with Gasteiger partial charge in [0.2, 0.25) is 11.3 Å². The molecule has 0 spiro atoms. The number of benzene rings is 1. The number of carbonyl (C=O) groups is 2. The van der Waals surface area contributed by atoms with Gasteiger partial charge in [0.25, 0.3) is 5.91 Å². The van der Waals surface area contributed by atoms with Crippen LogP contribution in [0.5, 0.6) is 5.75 Å². The fraction of sp³-hybridized carbons (Fsp3) is 0.423. The lowest BCUT2D eigenvalue weighted by atomic mass is 9.91. The molecule has 2 aliphatic rings. The maximum Gasteiger partial charge on any atom is 0.275 e. The van der Waals surface area contributed by atoms with Crippen LogP contribution in [-0.2, 0) is 17.8 Å². The minimum atomic E-state index is -1.18. The summed E-state index contributed by atoms with van der Waals surface area (Å²) in [7, 11) is 0. The molecule has 1 atom stereocenters. The number of aromatic hydroxyl groups is 1. The summed E-state index contributed by atoms with van der Waals surface area (Å²) in [6.07, 6.45) is 3.73. The van der Waals surface area contributed by atoms with E-state index in [9.17, 15) is 23.9 Å². The zero-order valence-corrected chi connectivity index (χ0v) is 21.7. The van der Waals surface area contributed by atoms with E-state index in [1.807, 2.05) is 13.8 Å². The third kappa shape index (κ3) is 4.30. The normalized spacial score (nSPS) is 19.5. The molecule has 2 amide bonds. The van der Waals surface area contributed by atoms with E-state index in [2.05, 4.69) is 10.2 Å². The van der Waals surface area contributed by atoms with Crippen molar-refractivity contribution in [3.05, 3.63) is 62.8 Å². The Labute approximate surface area is 217 Å². The maximum absolute atomic E-state index is 13.6. The average molecular weight is 526 g/mol. The molecule has 2 aromatic heterocycles. The van der Waals surface area contributed by atoms with E-state index in [-0.39, 0.29) is 35.6 Å². The molecule has 1 aromatic carbocycles. The molecule has 1 fully saturated rings. The molecule has 1 N–H and O–H groups in total. The zero-order chi connectivity index (χ0) is 26.5. The van der Waals surface area contributed by atoms with Gasteiger partial charge < -0.3 is 19.5 Å². The molecule has 5 rings (SSSR count). The number of nitrogens with zero attached hydrogens (tertiary/aromatic N) is 5. The Morgan fingerprint density at radius 1 is 1.16 bits per heavy atom. The van der Waals surface area contributed by atoms with Gasteiger partial charge >= 0.3 is 0 Å². The lowest BCUT2D eigenvalue weighted by Crippen LogP contribution is -2.66. The highest BCUT2D eigenvalue weighted by molar-refractivity contribution is 7.14. The molecular formula is C26H28FN5O4S. The summed E-state index contributed by atoms with van der Waals surface area (Å²) in [6, 6.07) is 5.71. The summed E-state index contributed by atoms with van der Waals surface area (Å²) >= 11 is 1.18. The van der Waals surface area contributed by atoms with Gasteiger partial charge in [0.1, 0.15) is 16.4 Å². The lowest BCUT2D eigenvalue weighted by molar-refractivity contribution is -0.144. The fourth-order valence-corrected chi connectivity index (χ4v) is 6.22. The van der Waals surface area contributed by atoms with Gasteiger partial charge in [-0.1, -0.05) is 23.5 Å². The van der Waals surface area contributed by atoms with Crippen LogP contribution < -0.4 is 5.43 Å². The van der Waals surface area contributed by atoms with Gasteiger partial charge in [0, 0.05) is 31.7 Å². The minimum absolute atomic E-state index is 0.0870. The van der Waals surface area contributed by atoms with E-state index in [0.717, 1.165) is 18.4 Å². The predicted octanol–water partition coefficient (Wildman–Crippen LogP) is 3.05. The molecule has 2 aliphatic heterocycles. The Morgan fingerprint density at radius 3 is 2.49 bits per heavy atom. The van der Waals surface area contributed by atoms with Gasteiger partial charge in [-0.25, -0.2) is 4.39 Å². The smallest absolute Gasteiger partial charge is 0.275 e. The number of amides is 2. The first-order chi connectivity index (χ1) is 17.6. The van der Waals surface area contributed by atoms with Crippen molar-refractivity contribution in [2.45, 2.75) is 58.2 Å². The monoisotopic (exact) mass is 525 g/mol. The third-order valence-corrected chi connectivity index (χ3v) is 7.98. The van der Waals surface area contributed by atoms with Crippen molar-refractivity contribution in [2.24, 2.45) is 0 Å². The standard InChI is InChI=1S/C26H28FN5O4S/c1-15(2)32-24(35)20-22(34)21(33)18(13-31(20)14-26(32,3)25(36)30-10-4-5-11-30)23-29-28-19(37-23)12-16-6-8-17(27)9-7-16/h6-9,13,15,34H,4-5,10-12,14H2,1-3H3/t26-/m0/s1. The van der Waals surface area contributed by atoms with Crippen LogP contribution in [0, 0.1) is 5.82 Å². The highest BCUT2D eigenvalue weighted by atomic mass is 32.1. The van der Waals surface area contributed by atoms with Crippen LogP contribution in [0.2, 0.25) is 0 Å². The van der Waals surface area contributed by atoms with Crippen LogP contribution in [0.3, 0.4) is 0 Å². The first kappa shape index (κ1) is 25.1. The van der Waals surface area contributed by atoms with Gasteiger partial charge in [-0.15, -0.1) is 10.2 Å². The molecule has 194 valence electrons. The first-order valence-electron chi connectivity index (χ1n) is 12.3. The summed E-state index contributed by atoms with van der Waals surface area (Å²) in [4.78, 5) is 43.7. The predicted molar refractivity (Wildman–Crippen MR) is 136 cm³/mol. The summed E-state index contributed by atoms with van der Waals surface area (Å²) in [5, 5.41) is 20.1.